The van der Waals surface area contributed by atoms with Gasteiger partial charge in [0.05, 0.1) is 11.6 Å². The van der Waals surface area contributed by atoms with Crippen LogP contribution >= 0.6 is 0 Å². The lowest BCUT2D eigenvalue weighted by Crippen LogP contribution is -2.25. The predicted molar refractivity (Wildman–Crippen MR) is 162 cm³/mol. The Morgan fingerprint density at radius 1 is 0.750 bits per heavy atom. The summed E-state index contributed by atoms with van der Waals surface area (Å²) < 4.78 is 79.2. The van der Waals surface area contributed by atoms with E-state index in [1.54, 1.807) is 6.07 Å². The Morgan fingerprint density at radius 3 is 1.95 bits per heavy atom. The largest absolute Gasteiger partial charge is 0.432 e. The van der Waals surface area contributed by atoms with Gasteiger partial charge in [0.2, 0.25) is 0 Å². The number of hydrogen-bond acceptors (Lipinski definition) is 2. The third-order valence-electron chi connectivity index (χ3n) is 8.62. The molecule has 1 aliphatic rings. The number of nitriles is 1. The molecule has 4 aromatic rings. The Labute approximate surface area is 255 Å². The first-order chi connectivity index (χ1) is 21.2. The van der Waals surface area contributed by atoms with Crippen molar-refractivity contribution in [3.63, 3.8) is 0 Å². The van der Waals surface area contributed by atoms with E-state index in [-0.39, 0.29) is 22.4 Å². The number of alkyl halides is 2. The van der Waals surface area contributed by atoms with Gasteiger partial charge in [0, 0.05) is 5.56 Å². The Balaban J connectivity index is 1.28. The summed E-state index contributed by atoms with van der Waals surface area (Å²) in [5.74, 6) is -2.91. The number of halogens is 5. The third kappa shape index (κ3) is 7.13. The molecule has 4 aromatic carbocycles. The number of nitrogens with zero attached hydrogens (tertiary/aromatic N) is 1. The molecule has 5 rings (SSSR count). The highest BCUT2D eigenvalue weighted by Gasteiger charge is 2.41. The van der Waals surface area contributed by atoms with Crippen molar-refractivity contribution in [1.82, 2.24) is 0 Å². The first kappa shape index (κ1) is 31.3. The zero-order chi connectivity index (χ0) is 31.3. The average Bonchev–Trinajstić information content (AvgIpc) is 3.01. The second kappa shape index (κ2) is 13.6. The van der Waals surface area contributed by atoms with Crippen molar-refractivity contribution < 1.29 is 26.7 Å². The lowest BCUT2D eigenvalue weighted by Gasteiger charge is -2.29. The third-order valence-corrected chi connectivity index (χ3v) is 8.62. The molecule has 0 unspecified atom stereocenters. The fourth-order valence-electron chi connectivity index (χ4n) is 6.15. The second-order valence-corrected chi connectivity index (χ2v) is 11.6. The van der Waals surface area contributed by atoms with Crippen LogP contribution in [0.4, 0.5) is 22.0 Å². The van der Waals surface area contributed by atoms with Crippen LogP contribution in [0.25, 0.3) is 22.3 Å². The van der Waals surface area contributed by atoms with E-state index in [2.05, 4.69) is 23.8 Å². The number of ether oxygens (including phenoxy) is 1. The van der Waals surface area contributed by atoms with E-state index in [1.807, 2.05) is 18.2 Å². The normalized spacial score (nSPS) is 16.8. The summed E-state index contributed by atoms with van der Waals surface area (Å²) in [6.45, 7) is 2.23. The SMILES string of the molecule is CCCCCC1CCC(c2ccc(-c3ccc(-c4cc(F)c(C(F)(F)Oc5ccc(C#N)cc5)c(F)c4)c(F)c3)cc2)CC1. The van der Waals surface area contributed by atoms with E-state index in [0.717, 1.165) is 23.6 Å². The molecule has 7 heteroatoms. The summed E-state index contributed by atoms with van der Waals surface area (Å²) >= 11 is 0. The van der Waals surface area contributed by atoms with Crippen molar-refractivity contribution in [3.8, 4) is 34.1 Å². The van der Waals surface area contributed by atoms with E-state index >= 15 is 4.39 Å². The van der Waals surface area contributed by atoms with Crippen LogP contribution in [-0.2, 0) is 6.11 Å². The summed E-state index contributed by atoms with van der Waals surface area (Å²) in [6.07, 6.45) is 5.71. The molecule has 0 atom stereocenters. The molecule has 0 radical (unpaired) electrons. The summed E-state index contributed by atoms with van der Waals surface area (Å²) in [5, 5.41) is 8.85. The zero-order valence-electron chi connectivity index (χ0n) is 24.6. The molecule has 0 heterocycles. The van der Waals surface area contributed by atoms with E-state index in [0.29, 0.717) is 23.6 Å². The molecule has 1 saturated carbocycles. The molecule has 0 amide bonds. The van der Waals surface area contributed by atoms with Gasteiger partial charge < -0.3 is 4.74 Å². The summed E-state index contributed by atoms with van der Waals surface area (Å²) in [6, 6.07) is 20.2. The molecule has 2 nitrogen and oxygen atoms in total. The molecule has 1 aliphatic carbocycles. The molecule has 0 saturated heterocycles. The standard InChI is InChI=1S/C37H34F5NO/c1-2-3-4-5-24-6-10-26(11-7-24)27-12-14-28(15-13-27)29-16-19-32(33(38)20-29)30-21-34(39)36(35(40)22-30)37(41,42)44-31-17-8-25(23-43)9-18-31/h8-9,12-22,24,26H,2-7,10-11H2,1H3. The van der Waals surface area contributed by atoms with Crippen molar-refractivity contribution in [1.29, 1.82) is 5.26 Å². The van der Waals surface area contributed by atoms with Gasteiger partial charge in [-0.3, -0.25) is 0 Å². The summed E-state index contributed by atoms with van der Waals surface area (Å²) in [7, 11) is 0. The number of rotatable bonds is 10. The molecule has 0 bridgehead atoms. The smallest absolute Gasteiger partial charge is 0.429 e. The molecular weight excluding hydrogens is 569 g/mol. The van der Waals surface area contributed by atoms with Gasteiger partial charge in [-0.25, -0.2) is 13.2 Å². The Kier molecular flexibility index (Phi) is 9.68. The molecule has 0 N–H and O–H groups in total. The van der Waals surface area contributed by atoms with Gasteiger partial charge in [0.25, 0.3) is 0 Å². The van der Waals surface area contributed by atoms with Crippen LogP contribution in [0, 0.1) is 34.7 Å². The maximum Gasteiger partial charge on any atom is 0.432 e. The van der Waals surface area contributed by atoms with Crippen LogP contribution in [-0.4, -0.2) is 0 Å². The zero-order valence-corrected chi connectivity index (χ0v) is 24.6. The molecule has 0 aliphatic heterocycles. The molecule has 1 fully saturated rings. The Hall–Kier alpha value is -4.18. The van der Waals surface area contributed by atoms with Crippen LogP contribution < -0.4 is 4.74 Å². The van der Waals surface area contributed by atoms with Crippen molar-refractivity contribution >= 4 is 0 Å². The topological polar surface area (TPSA) is 33.0 Å². The highest BCUT2D eigenvalue weighted by atomic mass is 19.3. The van der Waals surface area contributed by atoms with Crippen LogP contribution in [0.1, 0.15) is 80.9 Å². The maximum absolute atomic E-state index is 15.2. The average molecular weight is 604 g/mol. The monoisotopic (exact) mass is 603 g/mol. The minimum Gasteiger partial charge on any atom is -0.429 e. The number of unbranched alkanes of at least 4 members (excludes halogenated alkanes) is 2. The fourth-order valence-corrected chi connectivity index (χ4v) is 6.15. The fraction of sp³-hybridized carbons (Fsp3) is 0.324. The first-order valence-electron chi connectivity index (χ1n) is 15.1. The first-order valence-corrected chi connectivity index (χ1v) is 15.1. The van der Waals surface area contributed by atoms with Gasteiger partial charge in [-0.05, 0) is 102 Å². The minimum atomic E-state index is -4.36. The van der Waals surface area contributed by atoms with E-state index in [4.69, 9.17) is 5.26 Å². The number of benzene rings is 4. The Morgan fingerprint density at radius 2 is 1.36 bits per heavy atom. The molecular formula is C37H34F5NO. The highest BCUT2D eigenvalue weighted by molar-refractivity contribution is 5.71. The van der Waals surface area contributed by atoms with Gasteiger partial charge in [-0.15, -0.1) is 0 Å². The van der Waals surface area contributed by atoms with Crippen molar-refractivity contribution in [2.45, 2.75) is 70.3 Å². The van der Waals surface area contributed by atoms with E-state index in [1.165, 1.54) is 81.2 Å². The van der Waals surface area contributed by atoms with E-state index < -0.39 is 29.1 Å². The lowest BCUT2D eigenvalue weighted by molar-refractivity contribution is -0.189. The van der Waals surface area contributed by atoms with Gasteiger partial charge in [-0.1, -0.05) is 69.0 Å². The molecule has 228 valence electrons. The Bertz CT molecular complexity index is 1590. The van der Waals surface area contributed by atoms with Crippen molar-refractivity contribution in [2.75, 3.05) is 0 Å². The van der Waals surface area contributed by atoms with Gasteiger partial charge >= 0.3 is 6.11 Å². The van der Waals surface area contributed by atoms with E-state index in [9.17, 15) is 17.6 Å². The maximum atomic E-state index is 15.2. The summed E-state index contributed by atoms with van der Waals surface area (Å²) in [4.78, 5) is 0. The summed E-state index contributed by atoms with van der Waals surface area (Å²) in [5.41, 5.74) is 0.955. The molecule has 44 heavy (non-hydrogen) atoms. The second-order valence-electron chi connectivity index (χ2n) is 11.6. The van der Waals surface area contributed by atoms with Crippen molar-refractivity contribution in [3.05, 3.63) is 113 Å². The predicted octanol–water partition coefficient (Wildman–Crippen LogP) is 11.3. The van der Waals surface area contributed by atoms with Gasteiger partial charge in [0.1, 0.15) is 28.8 Å². The highest BCUT2D eigenvalue weighted by Crippen LogP contribution is 2.40. The molecule has 0 spiro atoms. The van der Waals surface area contributed by atoms with Crippen LogP contribution in [0.15, 0.2) is 78.9 Å². The molecule has 0 aromatic heterocycles. The lowest BCUT2D eigenvalue weighted by atomic mass is 9.77. The van der Waals surface area contributed by atoms with Gasteiger partial charge in [-0.2, -0.15) is 14.0 Å². The van der Waals surface area contributed by atoms with Crippen LogP contribution in [0.2, 0.25) is 0 Å². The quantitative estimate of drug-likeness (QED) is 0.133. The van der Waals surface area contributed by atoms with Crippen molar-refractivity contribution in [2.24, 2.45) is 5.92 Å². The van der Waals surface area contributed by atoms with Crippen LogP contribution in [0.5, 0.6) is 5.75 Å². The number of hydrogen-bond donors (Lipinski definition) is 0. The van der Waals surface area contributed by atoms with Gasteiger partial charge in [0.15, 0.2) is 0 Å². The minimum absolute atomic E-state index is 0.123. The van der Waals surface area contributed by atoms with Crippen LogP contribution in [0.3, 0.4) is 0 Å².